The van der Waals surface area contributed by atoms with Crippen molar-refractivity contribution in [3.05, 3.63) is 79.4 Å². The molecular weight excluding hydrogens is 466 g/mol. The average molecular weight is 488 g/mol. The van der Waals surface area contributed by atoms with Crippen LogP contribution in [0.1, 0.15) is 20.8 Å². The predicted molar refractivity (Wildman–Crippen MR) is 127 cm³/mol. The van der Waals surface area contributed by atoms with Gasteiger partial charge in [0.2, 0.25) is 0 Å². The number of aliphatic hydroxyl groups excluding tert-OH is 1. The molecule has 2 amide bonds. The number of ether oxygens (including phenoxy) is 1. The van der Waals surface area contributed by atoms with E-state index in [9.17, 15) is 14.4 Å². The number of hydrogen-bond donors (Lipinski definition) is 2. The number of benzene rings is 1. The first-order valence-corrected chi connectivity index (χ1v) is 11.5. The number of nitrogens with one attached hydrogen (secondary N) is 1. The normalized spacial score (nSPS) is 15.5. The highest BCUT2D eigenvalue weighted by Gasteiger charge is 2.33. The van der Waals surface area contributed by atoms with Gasteiger partial charge in [-0.2, -0.15) is 0 Å². The van der Waals surface area contributed by atoms with Gasteiger partial charge in [0, 0.05) is 30.5 Å². The maximum absolute atomic E-state index is 12.7. The third kappa shape index (κ3) is 4.95. The Balaban J connectivity index is 1.46. The summed E-state index contributed by atoms with van der Waals surface area (Å²) in [7, 11) is 0. The van der Waals surface area contributed by atoms with Gasteiger partial charge in [-0.05, 0) is 48.9 Å². The zero-order chi connectivity index (χ0) is 23.5. The van der Waals surface area contributed by atoms with Crippen molar-refractivity contribution in [2.75, 3.05) is 24.6 Å². The maximum atomic E-state index is 12.7. The van der Waals surface area contributed by atoms with Gasteiger partial charge in [0.05, 0.1) is 28.0 Å². The predicted octanol–water partition coefficient (Wildman–Crippen LogP) is 3.15. The van der Waals surface area contributed by atoms with Crippen molar-refractivity contribution in [1.82, 2.24) is 9.88 Å². The number of amides is 2. The van der Waals surface area contributed by atoms with Crippen LogP contribution in [0.5, 0.6) is 0 Å². The fourth-order valence-corrected chi connectivity index (χ4v) is 4.65. The number of carbonyl (C=O) groups excluding carboxylic acids is 2. The number of aromatic nitrogens is 1. The van der Waals surface area contributed by atoms with Crippen molar-refractivity contribution >= 4 is 40.6 Å². The molecule has 0 bridgehead atoms. The Hall–Kier alpha value is -3.14. The lowest BCUT2D eigenvalue weighted by Crippen LogP contribution is -2.34. The summed E-state index contributed by atoms with van der Waals surface area (Å²) >= 11 is 7.05. The molecule has 172 valence electrons. The van der Waals surface area contributed by atoms with Crippen LogP contribution in [0, 0.1) is 6.92 Å². The fraction of sp³-hybridized carbons (Fsp3) is 0.261. The third-order valence-corrected chi connectivity index (χ3v) is 6.55. The lowest BCUT2D eigenvalue weighted by atomic mass is 10.1. The molecule has 2 N–H and O–H groups in total. The van der Waals surface area contributed by atoms with Crippen LogP contribution in [-0.2, 0) is 11.2 Å². The first kappa shape index (κ1) is 23.0. The van der Waals surface area contributed by atoms with Crippen molar-refractivity contribution in [2.45, 2.75) is 19.4 Å². The molecule has 1 fully saturated rings. The van der Waals surface area contributed by atoms with E-state index in [0.29, 0.717) is 26.2 Å². The number of hydrogen-bond acceptors (Lipinski definition) is 6. The molecule has 10 heteroatoms. The highest BCUT2D eigenvalue weighted by molar-refractivity contribution is 7.18. The molecule has 1 atom stereocenters. The highest BCUT2D eigenvalue weighted by atomic mass is 35.5. The average Bonchev–Trinajstić information content (AvgIpc) is 3.39. The summed E-state index contributed by atoms with van der Waals surface area (Å²) in [6.07, 6.45) is 0.972. The van der Waals surface area contributed by atoms with Crippen molar-refractivity contribution in [1.29, 1.82) is 0 Å². The number of anilines is 1. The molecule has 0 spiro atoms. The molecule has 1 saturated heterocycles. The Morgan fingerprint density at radius 3 is 2.79 bits per heavy atom. The summed E-state index contributed by atoms with van der Waals surface area (Å²) in [5.74, 6) is -0.268. The van der Waals surface area contributed by atoms with E-state index >= 15 is 0 Å². The van der Waals surface area contributed by atoms with E-state index in [1.807, 2.05) is 13.0 Å². The molecule has 3 aromatic rings. The minimum atomic E-state index is -0.498. The number of thiophene rings is 1. The van der Waals surface area contributed by atoms with Crippen LogP contribution in [0.2, 0.25) is 4.34 Å². The van der Waals surface area contributed by atoms with E-state index in [0.717, 1.165) is 5.56 Å². The lowest BCUT2D eigenvalue weighted by Gasteiger charge is -2.17. The Labute approximate surface area is 199 Å². The number of aliphatic hydroxyl groups is 1. The van der Waals surface area contributed by atoms with Crippen molar-refractivity contribution in [2.24, 2.45) is 0 Å². The van der Waals surface area contributed by atoms with Gasteiger partial charge in [0.25, 0.3) is 11.5 Å². The monoisotopic (exact) mass is 487 g/mol. The number of nitrogens with zero attached hydrogens (tertiary/aromatic N) is 2. The van der Waals surface area contributed by atoms with Gasteiger partial charge in [-0.1, -0.05) is 17.7 Å². The molecular formula is C23H22ClN3O5S. The molecule has 1 aliphatic heterocycles. The van der Waals surface area contributed by atoms with E-state index in [4.69, 9.17) is 21.4 Å². The number of cyclic esters (lactones) is 1. The number of halogens is 1. The van der Waals surface area contributed by atoms with Crippen molar-refractivity contribution in [3.8, 4) is 5.69 Å². The standard InChI is InChI=1S/C23H22ClN3O5S/c1-14-11-16(4-5-18(14)26-9-2-3-15(8-10-28)22(26)30)27-13-17(32-23(27)31)12-25-21(29)19-6-7-20(24)33-19/h2-7,9,11,17,28H,8,10,12-13H2,1H3,(H,25,29)/t17-/m0/s1. The fourth-order valence-electron chi connectivity index (χ4n) is 3.69. The largest absolute Gasteiger partial charge is 0.442 e. The first-order chi connectivity index (χ1) is 15.9. The van der Waals surface area contributed by atoms with Gasteiger partial charge in [0.1, 0.15) is 6.10 Å². The van der Waals surface area contributed by atoms with Crippen LogP contribution in [0.25, 0.3) is 5.69 Å². The quantitative estimate of drug-likeness (QED) is 0.533. The number of rotatable bonds is 7. The molecule has 1 aliphatic rings. The SMILES string of the molecule is Cc1cc(N2C[C@H](CNC(=O)c3ccc(Cl)s3)OC2=O)ccc1-n1cccc(CCO)c1=O. The Bertz CT molecular complexity index is 1250. The Kier molecular flexibility index (Phi) is 6.83. The van der Waals surface area contributed by atoms with Crippen molar-refractivity contribution < 1.29 is 19.4 Å². The van der Waals surface area contributed by atoms with Gasteiger partial charge in [-0.3, -0.25) is 19.1 Å². The first-order valence-electron chi connectivity index (χ1n) is 10.3. The van der Waals surface area contributed by atoms with Gasteiger partial charge in [0.15, 0.2) is 0 Å². The highest BCUT2D eigenvalue weighted by Crippen LogP contribution is 2.26. The molecule has 8 nitrogen and oxygen atoms in total. The van der Waals surface area contributed by atoms with Gasteiger partial charge in [-0.15, -0.1) is 11.3 Å². The van der Waals surface area contributed by atoms with Crippen LogP contribution >= 0.6 is 22.9 Å². The van der Waals surface area contributed by atoms with E-state index in [1.54, 1.807) is 42.6 Å². The number of pyridine rings is 1. The summed E-state index contributed by atoms with van der Waals surface area (Å²) in [6, 6.07) is 12.1. The smallest absolute Gasteiger partial charge is 0.414 e. The molecule has 4 rings (SSSR count). The van der Waals surface area contributed by atoms with Gasteiger partial charge >= 0.3 is 6.09 Å². The summed E-state index contributed by atoms with van der Waals surface area (Å²) in [6.45, 7) is 2.22. The molecule has 1 aromatic carbocycles. The maximum Gasteiger partial charge on any atom is 0.414 e. The minimum absolute atomic E-state index is 0.100. The van der Waals surface area contributed by atoms with Crippen LogP contribution in [-0.4, -0.2) is 47.5 Å². The molecule has 0 unspecified atom stereocenters. The second-order valence-electron chi connectivity index (χ2n) is 7.58. The van der Waals surface area contributed by atoms with Crippen molar-refractivity contribution in [3.63, 3.8) is 0 Å². The summed E-state index contributed by atoms with van der Waals surface area (Å²) in [5.41, 5.74) is 2.47. The Morgan fingerprint density at radius 2 is 2.09 bits per heavy atom. The van der Waals surface area contributed by atoms with Crippen LogP contribution in [0.4, 0.5) is 10.5 Å². The molecule has 33 heavy (non-hydrogen) atoms. The zero-order valence-corrected chi connectivity index (χ0v) is 19.4. The summed E-state index contributed by atoms with van der Waals surface area (Å²) in [4.78, 5) is 39.3. The minimum Gasteiger partial charge on any atom is -0.442 e. The van der Waals surface area contributed by atoms with E-state index in [1.165, 1.54) is 20.8 Å². The number of carbonyl (C=O) groups is 2. The van der Waals surface area contributed by atoms with Crippen LogP contribution < -0.4 is 15.8 Å². The topological polar surface area (TPSA) is 101 Å². The van der Waals surface area contributed by atoms with Gasteiger partial charge in [-0.25, -0.2) is 4.79 Å². The molecule has 2 aromatic heterocycles. The molecule has 3 heterocycles. The second kappa shape index (κ2) is 9.78. The summed E-state index contributed by atoms with van der Waals surface area (Å²) in [5, 5.41) is 11.9. The lowest BCUT2D eigenvalue weighted by molar-refractivity contribution is 0.0920. The summed E-state index contributed by atoms with van der Waals surface area (Å²) < 4.78 is 7.46. The van der Waals surface area contributed by atoms with Gasteiger partial charge < -0.3 is 15.2 Å². The molecule has 0 saturated carbocycles. The third-order valence-electron chi connectivity index (χ3n) is 5.32. The van der Waals surface area contributed by atoms with E-state index < -0.39 is 12.2 Å². The van der Waals surface area contributed by atoms with E-state index in [2.05, 4.69) is 5.32 Å². The zero-order valence-electron chi connectivity index (χ0n) is 17.8. The Morgan fingerprint density at radius 1 is 1.27 bits per heavy atom. The van der Waals surface area contributed by atoms with E-state index in [-0.39, 0.29) is 37.6 Å². The molecule has 0 radical (unpaired) electrons. The van der Waals surface area contributed by atoms with Crippen LogP contribution in [0.15, 0.2) is 53.5 Å². The number of aryl methyl sites for hydroxylation is 1. The van der Waals surface area contributed by atoms with Crippen LogP contribution in [0.3, 0.4) is 0 Å². The second-order valence-corrected chi connectivity index (χ2v) is 9.30. The molecule has 0 aliphatic carbocycles.